The smallest absolute Gasteiger partial charge is 0.152 e. The summed E-state index contributed by atoms with van der Waals surface area (Å²) < 4.78 is 0. The maximum absolute atomic E-state index is 12.8. The summed E-state index contributed by atoms with van der Waals surface area (Å²) in [4.78, 5) is 25.6. The first kappa shape index (κ1) is 21.5. The first-order valence-electron chi connectivity index (χ1n) is 9.76. The first-order valence-corrected chi connectivity index (χ1v) is 9.76. The lowest BCUT2D eigenvalue weighted by Gasteiger charge is -2.48. The summed E-state index contributed by atoms with van der Waals surface area (Å²) in [7, 11) is 0. The van der Waals surface area contributed by atoms with Crippen LogP contribution in [-0.4, -0.2) is 58.9 Å². The van der Waals surface area contributed by atoms with Gasteiger partial charge in [-0.2, -0.15) is 0 Å². The van der Waals surface area contributed by atoms with Crippen LogP contribution in [0.5, 0.6) is 0 Å². The number of hydrogen-bond donors (Lipinski definition) is 4. The molecule has 0 amide bonds. The summed E-state index contributed by atoms with van der Waals surface area (Å²) >= 11 is 0. The van der Waals surface area contributed by atoms with Gasteiger partial charge in [-0.05, 0) is 55.4 Å². The number of piperazine rings is 2. The van der Waals surface area contributed by atoms with Crippen molar-refractivity contribution >= 4 is 11.6 Å². The van der Waals surface area contributed by atoms with Crippen molar-refractivity contribution in [3.63, 3.8) is 0 Å². The summed E-state index contributed by atoms with van der Waals surface area (Å²) in [5, 5.41) is 13.8. The number of rotatable bonds is 5. The average molecular weight is 367 g/mol. The van der Waals surface area contributed by atoms with Gasteiger partial charge in [-0.3, -0.25) is 9.59 Å². The fraction of sp³-hybridized carbons (Fsp3) is 0.900. The third kappa shape index (κ3) is 4.91. The molecule has 0 bridgehead atoms. The topological polar surface area (TPSA) is 82.3 Å². The second-order valence-corrected chi connectivity index (χ2v) is 10.5. The van der Waals surface area contributed by atoms with Gasteiger partial charge in [-0.15, -0.1) is 0 Å². The van der Waals surface area contributed by atoms with Gasteiger partial charge in [0, 0.05) is 48.1 Å². The summed E-state index contributed by atoms with van der Waals surface area (Å²) in [6.07, 6.45) is 0.555. The van der Waals surface area contributed by atoms with Crippen molar-refractivity contribution in [1.82, 2.24) is 21.3 Å². The highest BCUT2D eigenvalue weighted by Gasteiger charge is 2.45. The second kappa shape index (κ2) is 6.97. The molecule has 0 saturated carbocycles. The van der Waals surface area contributed by atoms with Crippen LogP contribution in [0.15, 0.2) is 0 Å². The third-order valence-corrected chi connectivity index (χ3v) is 5.52. The number of carbonyl (C=O) groups is 2. The van der Waals surface area contributed by atoms with Gasteiger partial charge in [0.1, 0.15) is 0 Å². The molecule has 2 atom stereocenters. The molecule has 150 valence electrons. The van der Waals surface area contributed by atoms with Crippen LogP contribution in [0.25, 0.3) is 0 Å². The second-order valence-electron chi connectivity index (χ2n) is 10.5. The fourth-order valence-corrected chi connectivity index (χ4v) is 4.77. The zero-order valence-electron chi connectivity index (χ0n) is 17.8. The zero-order valence-corrected chi connectivity index (χ0v) is 17.8. The Labute approximate surface area is 158 Å². The molecular weight excluding hydrogens is 328 g/mol. The highest BCUT2D eigenvalue weighted by Crippen LogP contribution is 2.24. The number of nitrogens with one attached hydrogen (secondary N) is 4. The standard InChI is InChI=1S/C20H38N4O2/c1-17(2)11-21-15(19(5,6)23-17)13(25)9-10-14(26)16-20(7,8)24-18(3,4)12-22-16/h15-16,21-24H,9-12H2,1-8H3. The van der Waals surface area contributed by atoms with E-state index in [-0.39, 0.29) is 58.6 Å². The summed E-state index contributed by atoms with van der Waals surface area (Å²) in [6.45, 7) is 18.1. The van der Waals surface area contributed by atoms with E-state index in [4.69, 9.17) is 0 Å². The van der Waals surface area contributed by atoms with E-state index in [1.165, 1.54) is 0 Å². The summed E-state index contributed by atoms with van der Waals surface area (Å²) in [5.74, 6) is 0.210. The predicted octanol–water partition coefficient (Wildman–Crippen LogP) is 1.14. The van der Waals surface area contributed by atoms with Crippen LogP contribution in [0.4, 0.5) is 0 Å². The Hall–Kier alpha value is -0.820. The van der Waals surface area contributed by atoms with Gasteiger partial charge in [-0.25, -0.2) is 0 Å². The van der Waals surface area contributed by atoms with Gasteiger partial charge < -0.3 is 21.3 Å². The van der Waals surface area contributed by atoms with Crippen molar-refractivity contribution in [2.45, 2.75) is 102 Å². The van der Waals surface area contributed by atoms with Crippen molar-refractivity contribution in [3.05, 3.63) is 0 Å². The molecule has 0 aliphatic carbocycles. The van der Waals surface area contributed by atoms with E-state index in [2.05, 4.69) is 49.0 Å². The molecule has 2 aliphatic heterocycles. The minimum Gasteiger partial charge on any atom is -0.304 e. The van der Waals surface area contributed by atoms with Crippen molar-refractivity contribution < 1.29 is 9.59 Å². The van der Waals surface area contributed by atoms with Crippen LogP contribution in [0.3, 0.4) is 0 Å². The molecule has 4 N–H and O–H groups in total. The third-order valence-electron chi connectivity index (χ3n) is 5.52. The monoisotopic (exact) mass is 366 g/mol. The van der Waals surface area contributed by atoms with E-state index in [1.807, 2.05) is 27.7 Å². The Morgan fingerprint density at radius 2 is 1.00 bits per heavy atom. The van der Waals surface area contributed by atoms with Crippen LogP contribution in [0, 0.1) is 0 Å². The number of ketones is 2. The van der Waals surface area contributed by atoms with Crippen LogP contribution in [-0.2, 0) is 9.59 Å². The van der Waals surface area contributed by atoms with Gasteiger partial charge in [0.2, 0.25) is 0 Å². The van der Waals surface area contributed by atoms with Crippen LogP contribution in [0.1, 0.15) is 68.2 Å². The highest BCUT2D eigenvalue weighted by atomic mass is 16.1. The lowest BCUT2D eigenvalue weighted by atomic mass is 9.80. The van der Waals surface area contributed by atoms with E-state index in [0.717, 1.165) is 13.1 Å². The molecule has 2 aliphatic rings. The SMILES string of the molecule is CC1(C)CNC(C(=O)CCC(=O)C2NCC(C)(C)NC2(C)C)C(C)(C)N1. The van der Waals surface area contributed by atoms with E-state index < -0.39 is 0 Å². The van der Waals surface area contributed by atoms with Crippen LogP contribution >= 0.6 is 0 Å². The van der Waals surface area contributed by atoms with Gasteiger partial charge >= 0.3 is 0 Å². The Kier molecular flexibility index (Phi) is 5.76. The van der Waals surface area contributed by atoms with Crippen molar-refractivity contribution in [2.24, 2.45) is 0 Å². The molecule has 0 aromatic heterocycles. The lowest BCUT2D eigenvalue weighted by Crippen LogP contribution is -2.73. The molecule has 2 rings (SSSR count). The molecule has 2 heterocycles. The molecule has 2 saturated heterocycles. The molecule has 0 spiro atoms. The predicted molar refractivity (Wildman–Crippen MR) is 105 cm³/mol. The van der Waals surface area contributed by atoms with Gasteiger partial charge in [0.15, 0.2) is 11.6 Å². The number of Topliss-reactive ketones (excluding diaryl/α,β-unsaturated/α-hetero) is 2. The Balaban J connectivity index is 1.94. The quantitative estimate of drug-likeness (QED) is 0.584. The molecule has 2 fully saturated rings. The molecule has 6 nitrogen and oxygen atoms in total. The van der Waals surface area contributed by atoms with Crippen molar-refractivity contribution in [3.8, 4) is 0 Å². The minimum atomic E-state index is -0.337. The normalized spacial score (nSPS) is 32.0. The van der Waals surface area contributed by atoms with E-state index in [9.17, 15) is 9.59 Å². The Morgan fingerprint density at radius 1 is 0.692 bits per heavy atom. The van der Waals surface area contributed by atoms with Gasteiger partial charge in [0.05, 0.1) is 12.1 Å². The molecular formula is C20H38N4O2. The first-order chi connectivity index (χ1) is 11.7. The zero-order chi connectivity index (χ0) is 20.0. The van der Waals surface area contributed by atoms with Crippen LogP contribution in [0.2, 0.25) is 0 Å². The molecule has 0 radical (unpaired) electrons. The Bertz CT molecular complexity index is 516. The number of carbonyl (C=O) groups excluding carboxylic acids is 2. The maximum atomic E-state index is 12.8. The number of hydrogen-bond acceptors (Lipinski definition) is 6. The molecule has 6 heteroatoms. The molecule has 0 aromatic rings. The van der Waals surface area contributed by atoms with E-state index in [0.29, 0.717) is 0 Å². The fourth-order valence-electron chi connectivity index (χ4n) is 4.77. The highest BCUT2D eigenvalue weighted by molar-refractivity contribution is 5.92. The van der Waals surface area contributed by atoms with Gasteiger partial charge in [0.25, 0.3) is 0 Å². The summed E-state index contributed by atoms with van der Waals surface area (Å²) in [6, 6.07) is -0.541. The van der Waals surface area contributed by atoms with Crippen molar-refractivity contribution in [2.75, 3.05) is 13.1 Å². The van der Waals surface area contributed by atoms with E-state index in [1.54, 1.807) is 0 Å². The van der Waals surface area contributed by atoms with Gasteiger partial charge in [-0.1, -0.05) is 0 Å². The summed E-state index contributed by atoms with van der Waals surface area (Å²) in [5.41, 5.74) is -0.777. The minimum absolute atomic E-state index is 0.0510. The molecule has 2 unspecified atom stereocenters. The molecule has 0 aromatic carbocycles. The van der Waals surface area contributed by atoms with Crippen molar-refractivity contribution in [1.29, 1.82) is 0 Å². The largest absolute Gasteiger partial charge is 0.304 e. The maximum Gasteiger partial charge on any atom is 0.152 e. The molecule has 26 heavy (non-hydrogen) atoms. The Morgan fingerprint density at radius 3 is 1.27 bits per heavy atom. The lowest BCUT2D eigenvalue weighted by molar-refractivity contribution is -0.129. The van der Waals surface area contributed by atoms with Crippen LogP contribution < -0.4 is 21.3 Å². The van der Waals surface area contributed by atoms with E-state index >= 15 is 0 Å². The average Bonchev–Trinajstić information content (AvgIpc) is 2.40.